The second-order valence-corrected chi connectivity index (χ2v) is 8.54. The van der Waals surface area contributed by atoms with Crippen molar-refractivity contribution in [1.82, 2.24) is 0 Å². The van der Waals surface area contributed by atoms with Gasteiger partial charge in [0, 0.05) is 25.0 Å². The van der Waals surface area contributed by atoms with Gasteiger partial charge in [0.25, 0.3) is 0 Å². The molecule has 0 aliphatic heterocycles. The van der Waals surface area contributed by atoms with E-state index in [2.05, 4.69) is 4.74 Å². The number of benzene rings is 2. The molecule has 6 N–H and O–H groups in total. The lowest BCUT2D eigenvalue weighted by Crippen LogP contribution is -2.58. The maximum Gasteiger partial charge on any atom is 0.338 e. The number of aliphatic hydroxyl groups excluding tert-OH is 1. The van der Waals surface area contributed by atoms with Crippen molar-refractivity contribution in [3.05, 3.63) is 59.7 Å². The van der Waals surface area contributed by atoms with E-state index in [0.29, 0.717) is 11.1 Å². The highest BCUT2D eigenvalue weighted by molar-refractivity contribution is 5.88. The lowest BCUT2D eigenvalue weighted by atomic mass is 9.79. The van der Waals surface area contributed by atoms with E-state index in [4.69, 9.17) is 9.47 Å². The molecule has 0 unspecified atom stereocenters. The fourth-order valence-electron chi connectivity index (χ4n) is 3.80. The maximum absolute atomic E-state index is 12.4. The van der Waals surface area contributed by atoms with Gasteiger partial charge in [0.05, 0.1) is 7.11 Å². The molecule has 0 amide bonds. The molecule has 202 valence electrons. The van der Waals surface area contributed by atoms with Crippen LogP contribution in [0.4, 0.5) is 0 Å². The van der Waals surface area contributed by atoms with Gasteiger partial charge in [-0.15, -0.1) is 0 Å². The number of esters is 3. The second kappa shape index (κ2) is 11.7. The van der Waals surface area contributed by atoms with E-state index in [9.17, 15) is 45.0 Å². The Morgan fingerprint density at radius 3 is 1.58 bits per heavy atom. The molecule has 0 saturated heterocycles. The summed E-state index contributed by atoms with van der Waals surface area (Å²) in [6, 6.07) is 7.61. The van der Waals surface area contributed by atoms with E-state index in [1.807, 2.05) is 0 Å². The molecule has 0 radical (unpaired) electrons. The highest BCUT2D eigenvalue weighted by atomic mass is 16.6. The number of ether oxygens (including phenoxy) is 3. The minimum atomic E-state index is -2.25. The number of hydrogen-bond acceptors (Lipinski definition) is 12. The Labute approximate surface area is 216 Å². The molecule has 0 heterocycles. The van der Waals surface area contributed by atoms with Crippen molar-refractivity contribution >= 4 is 30.1 Å². The summed E-state index contributed by atoms with van der Waals surface area (Å²) < 4.78 is 15.1. The smallest absolute Gasteiger partial charge is 0.338 e. The van der Waals surface area contributed by atoms with E-state index in [1.165, 1.54) is 48.6 Å². The topological polar surface area (TPSA) is 200 Å². The average molecular weight is 530 g/mol. The summed E-state index contributed by atoms with van der Waals surface area (Å²) >= 11 is 0. The Bertz CT molecular complexity index is 1180. The summed E-state index contributed by atoms with van der Waals surface area (Å²) in [7, 11) is 1.03. The number of aliphatic hydroxyl groups is 2. The third-order valence-electron chi connectivity index (χ3n) is 5.76. The van der Waals surface area contributed by atoms with Crippen LogP contribution in [-0.4, -0.2) is 79.6 Å². The molecule has 0 bridgehead atoms. The number of phenolic OH excluding ortho intramolecular Hbond substituents is 4. The van der Waals surface area contributed by atoms with Crippen molar-refractivity contribution < 1.29 is 59.2 Å². The van der Waals surface area contributed by atoms with Crippen molar-refractivity contribution in [2.24, 2.45) is 0 Å². The van der Waals surface area contributed by atoms with Gasteiger partial charge in [-0.25, -0.2) is 14.4 Å². The number of hydrogen-bond donors (Lipinski definition) is 6. The minimum Gasteiger partial charge on any atom is -0.504 e. The van der Waals surface area contributed by atoms with Gasteiger partial charge in [-0.3, -0.25) is 0 Å². The Kier molecular flexibility index (Phi) is 8.61. The molecule has 1 saturated carbocycles. The molecule has 3 rings (SSSR count). The predicted molar refractivity (Wildman–Crippen MR) is 130 cm³/mol. The third kappa shape index (κ3) is 6.81. The van der Waals surface area contributed by atoms with E-state index in [0.717, 1.165) is 19.3 Å². The van der Waals surface area contributed by atoms with Crippen LogP contribution in [0.1, 0.15) is 24.0 Å². The van der Waals surface area contributed by atoms with Crippen molar-refractivity contribution in [2.45, 2.75) is 36.8 Å². The molecule has 2 atom stereocenters. The van der Waals surface area contributed by atoms with Crippen LogP contribution < -0.4 is 0 Å². The van der Waals surface area contributed by atoms with E-state index < -0.39 is 66.2 Å². The molecular weight excluding hydrogens is 504 g/mol. The summed E-state index contributed by atoms with van der Waals surface area (Å²) in [4.78, 5) is 37.0. The van der Waals surface area contributed by atoms with Crippen LogP contribution in [-0.2, 0) is 28.6 Å². The van der Waals surface area contributed by atoms with Crippen LogP contribution in [0.3, 0.4) is 0 Å². The summed E-state index contributed by atoms with van der Waals surface area (Å²) in [5.41, 5.74) is -1.57. The lowest BCUT2D eigenvalue weighted by molar-refractivity contribution is -0.204. The minimum absolute atomic E-state index is 0.341. The molecule has 1 fully saturated rings. The Morgan fingerprint density at radius 1 is 0.789 bits per heavy atom. The van der Waals surface area contributed by atoms with Gasteiger partial charge in [-0.2, -0.15) is 0 Å². The van der Waals surface area contributed by atoms with Gasteiger partial charge in [0.15, 0.2) is 28.6 Å². The highest BCUT2D eigenvalue weighted by Gasteiger charge is 2.52. The van der Waals surface area contributed by atoms with Crippen LogP contribution in [0.5, 0.6) is 23.0 Å². The third-order valence-corrected chi connectivity index (χ3v) is 5.76. The highest BCUT2D eigenvalue weighted by Crippen LogP contribution is 2.34. The molecule has 0 aromatic heterocycles. The number of methoxy groups -OCH3 is 1. The first-order chi connectivity index (χ1) is 17.9. The van der Waals surface area contributed by atoms with Crippen LogP contribution in [0, 0.1) is 0 Å². The molecule has 2 aromatic carbocycles. The van der Waals surface area contributed by atoms with Crippen molar-refractivity contribution in [1.29, 1.82) is 0 Å². The fraction of sp³-hybridized carbons (Fsp3) is 0.269. The van der Waals surface area contributed by atoms with Crippen LogP contribution in [0.15, 0.2) is 48.6 Å². The fourth-order valence-corrected chi connectivity index (χ4v) is 3.80. The molecular formula is C26H26O12. The molecule has 12 heteroatoms. The Balaban J connectivity index is 1.73. The molecule has 38 heavy (non-hydrogen) atoms. The SMILES string of the molecule is COC(=O)C1(O)C[C@@H](OC(=O)/C=C/c2ccc(O)c(O)c2)C(O)[C@H](OC(=O)/C=C/c2ccc(O)c(O)c2)C1. The molecule has 1 aliphatic carbocycles. The van der Waals surface area contributed by atoms with Crippen LogP contribution in [0.2, 0.25) is 0 Å². The summed E-state index contributed by atoms with van der Waals surface area (Å²) in [6.45, 7) is 0. The zero-order valence-electron chi connectivity index (χ0n) is 20.1. The molecule has 0 spiro atoms. The predicted octanol–water partition coefficient (Wildman–Crippen LogP) is 1.12. The standard InChI is InChI=1S/C26H26O12/c1-36-25(34)26(35)12-20(37-22(31)8-4-14-2-6-16(27)18(29)10-14)24(33)21(13-26)38-23(32)9-5-15-3-7-17(28)19(30)11-15/h2-11,20-21,24,27-30,33,35H,12-13H2,1H3/b8-4+,9-5+/t20-,21-,24?,26?/m1/s1. The van der Waals surface area contributed by atoms with E-state index in [1.54, 1.807) is 0 Å². The van der Waals surface area contributed by atoms with Gasteiger partial charge in [0.1, 0.15) is 18.3 Å². The number of phenols is 4. The maximum atomic E-state index is 12.4. The quantitative estimate of drug-likeness (QED) is 0.129. The summed E-state index contributed by atoms with van der Waals surface area (Å²) in [5, 5.41) is 59.4. The molecule has 12 nitrogen and oxygen atoms in total. The first-order valence-electron chi connectivity index (χ1n) is 11.2. The van der Waals surface area contributed by atoms with Crippen molar-refractivity contribution in [3.8, 4) is 23.0 Å². The number of carbonyl (C=O) groups is 3. The normalized spacial score (nSPS) is 23.3. The average Bonchev–Trinajstić information content (AvgIpc) is 2.87. The van der Waals surface area contributed by atoms with Gasteiger partial charge < -0.3 is 44.8 Å². The monoisotopic (exact) mass is 530 g/mol. The largest absolute Gasteiger partial charge is 0.504 e. The van der Waals surface area contributed by atoms with Gasteiger partial charge in [0.2, 0.25) is 0 Å². The molecule has 1 aliphatic rings. The van der Waals surface area contributed by atoms with E-state index in [-0.39, 0.29) is 11.5 Å². The van der Waals surface area contributed by atoms with Crippen LogP contribution >= 0.6 is 0 Å². The van der Waals surface area contributed by atoms with E-state index >= 15 is 0 Å². The first-order valence-corrected chi connectivity index (χ1v) is 11.2. The van der Waals surface area contributed by atoms with Crippen molar-refractivity contribution in [2.75, 3.05) is 7.11 Å². The summed E-state index contributed by atoms with van der Waals surface area (Å²) in [6.07, 6.45) is -1.23. The zero-order valence-corrected chi connectivity index (χ0v) is 20.1. The molecule has 2 aromatic rings. The number of aromatic hydroxyl groups is 4. The van der Waals surface area contributed by atoms with Crippen molar-refractivity contribution in [3.63, 3.8) is 0 Å². The van der Waals surface area contributed by atoms with Gasteiger partial charge in [-0.05, 0) is 47.5 Å². The summed E-state index contributed by atoms with van der Waals surface area (Å²) in [5.74, 6) is -4.57. The number of carbonyl (C=O) groups excluding carboxylic acids is 3. The first kappa shape index (κ1) is 28.0. The second-order valence-electron chi connectivity index (χ2n) is 8.54. The Hall–Kier alpha value is -4.55. The van der Waals surface area contributed by atoms with Gasteiger partial charge >= 0.3 is 17.9 Å². The van der Waals surface area contributed by atoms with Crippen LogP contribution in [0.25, 0.3) is 12.2 Å². The van der Waals surface area contributed by atoms with Gasteiger partial charge in [-0.1, -0.05) is 12.1 Å². The number of rotatable bonds is 7. The lowest BCUT2D eigenvalue weighted by Gasteiger charge is -2.41. The Morgan fingerprint density at radius 2 is 1.21 bits per heavy atom. The zero-order chi connectivity index (χ0) is 28.0.